The third-order valence-electron chi connectivity index (χ3n) is 4.36. The lowest BCUT2D eigenvalue weighted by molar-refractivity contribution is 0.0949. The number of hydrogen-bond donors (Lipinski definition) is 1. The quantitative estimate of drug-likeness (QED) is 0.443. The van der Waals surface area contributed by atoms with Gasteiger partial charge in [-0.05, 0) is 55.1 Å². The topological polar surface area (TPSA) is 95.1 Å². The van der Waals surface area contributed by atoms with Crippen molar-refractivity contribution in [2.75, 3.05) is 7.11 Å². The van der Waals surface area contributed by atoms with E-state index in [1.165, 1.54) is 11.8 Å². The van der Waals surface area contributed by atoms with Crippen LogP contribution in [0.3, 0.4) is 0 Å². The maximum Gasteiger partial charge on any atom is 0.251 e. The summed E-state index contributed by atoms with van der Waals surface area (Å²) in [6.45, 7) is 1.97. The van der Waals surface area contributed by atoms with Crippen LogP contribution in [-0.2, 0) is 6.54 Å². The average Bonchev–Trinajstić information content (AvgIpc) is 3.38. The normalized spacial score (nSPS) is 10.8. The van der Waals surface area contributed by atoms with Gasteiger partial charge in [0.15, 0.2) is 5.82 Å². The molecule has 1 amide bonds. The van der Waals surface area contributed by atoms with Crippen molar-refractivity contribution in [2.24, 2.45) is 0 Å². The number of aromatic nitrogens is 4. The summed E-state index contributed by atoms with van der Waals surface area (Å²) in [5, 5.41) is 17.1. The minimum absolute atomic E-state index is 0.154. The van der Waals surface area contributed by atoms with Gasteiger partial charge in [0.05, 0.1) is 24.4 Å². The second-order valence-electron chi connectivity index (χ2n) is 6.47. The number of para-hydroxylation sites is 1. The third kappa shape index (κ3) is 4.73. The Balaban J connectivity index is 1.60. The number of nitrogens with zero attached hydrogens (tertiary/aromatic N) is 4. The first-order valence-corrected chi connectivity index (χ1v) is 10.5. The monoisotopic (exact) mass is 455 g/mol. The molecule has 10 heteroatoms. The molecule has 0 atom stereocenters. The lowest BCUT2D eigenvalue weighted by atomic mass is 10.2. The minimum Gasteiger partial charge on any atom is -0.497 e. The van der Waals surface area contributed by atoms with Gasteiger partial charge in [0.1, 0.15) is 16.5 Å². The van der Waals surface area contributed by atoms with Crippen LogP contribution in [-0.4, -0.2) is 32.9 Å². The van der Waals surface area contributed by atoms with E-state index < -0.39 is 0 Å². The Kier molecular flexibility index (Phi) is 6.24. The zero-order chi connectivity index (χ0) is 21.8. The van der Waals surface area contributed by atoms with Gasteiger partial charge in [-0.2, -0.15) is 0 Å². The van der Waals surface area contributed by atoms with E-state index in [2.05, 4.69) is 20.7 Å². The Hall–Kier alpha value is -3.30. The van der Waals surface area contributed by atoms with Crippen LogP contribution >= 0.6 is 23.4 Å². The number of amides is 1. The maximum absolute atomic E-state index is 12.6. The Bertz CT molecular complexity index is 1210. The van der Waals surface area contributed by atoms with Gasteiger partial charge >= 0.3 is 0 Å². The van der Waals surface area contributed by atoms with Crippen molar-refractivity contribution in [3.63, 3.8) is 0 Å². The van der Waals surface area contributed by atoms with Crippen molar-refractivity contribution in [3.8, 4) is 11.4 Å². The van der Waals surface area contributed by atoms with Crippen LogP contribution in [0.4, 0.5) is 0 Å². The van der Waals surface area contributed by atoms with Crippen LogP contribution in [0.2, 0.25) is 5.02 Å². The van der Waals surface area contributed by atoms with Crippen molar-refractivity contribution >= 4 is 29.3 Å². The highest BCUT2D eigenvalue weighted by Gasteiger charge is 2.19. The van der Waals surface area contributed by atoms with Crippen LogP contribution in [0.5, 0.6) is 5.75 Å². The fourth-order valence-corrected chi connectivity index (χ4v) is 3.93. The van der Waals surface area contributed by atoms with Crippen LogP contribution in [0.1, 0.15) is 21.9 Å². The number of benzene rings is 2. The summed E-state index contributed by atoms with van der Waals surface area (Å²) in [4.78, 5) is 12.6. The molecule has 2 aromatic heterocycles. The lowest BCUT2D eigenvalue weighted by Crippen LogP contribution is -2.24. The summed E-state index contributed by atoms with van der Waals surface area (Å²) in [6, 6.07) is 16.0. The van der Waals surface area contributed by atoms with E-state index in [1.807, 2.05) is 25.1 Å². The highest BCUT2D eigenvalue weighted by atomic mass is 35.5. The predicted octanol–water partition coefficient (Wildman–Crippen LogP) is 4.31. The number of rotatable bonds is 7. The van der Waals surface area contributed by atoms with Crippen LogP contribution in [0.15, 0.2) is 69.3 Å². The van der Waals surface area contributed by atoms with Crippen LogP contribution in [0, 0.1) is 6.92 Å². The molecule has 4 aromatic rings. The number of ether oxygens (including phenoxy) is 1. The van der Waals surface area contributed by atoms with E-state index in [1.54, 1.807) is 48.1 Å². The first-order valence-electron chi connectivity index (χ1n) is 9.28. The molecule has 4 rings (SSSR count). The molecule has 1 N–H and O–H groups in total. The smallest absolute Gasteiger partial charge is 0.251 e. The molecule has 0 fully saturated rings. The van der Waals surface area contributed by atoms with E-state index >= 15 is 0 Å². The zero-order valence-corrected chi connectivity index (χ0v) is 18.3. The highest BCUT2D eigenvalue weighted by Crippen LogP contribution is 2.31. The first-order chi connectivity index (χ1) is 15.0. The van der Waals surface area contributed by atoms with Gasteiger partial charge in [0.25, 0.3) is 5.91 Å². The molecule has 0 bridgehead atoms. The number of nitrogens with one attached hydrogen (secondary N) is 1. The van der Waals surface area contributed by atoms with Crippen LogP contribution < -0.4 is 10.1 Å². The summed E-state index contributed by atoms with van der Waals surface area (Å²) >= 11 is 7.73. The molecule has 0 radical (unpaired) electrons. The van der Waals surface area contributed by atoms with Crippen molar-refractivity contribution in [3.05, 3.63) is 76.8 Å². The molecular weight excluding hydrogens is 438 g/mol. The third-order valence-corrected chi connectivity index (χ3v) is 5.52. The molecule has 31 heavy (non-hydrogen) atoms. The van der Waals surface area contributed by atoms with Crippen LogP contribution in [0.25, 0.3) is 5.69 Å². The molecule has 0 aliphatic heterocycles. The van der Waals surface area contributed by atoms with E-state index in [0.29, 0.717) is 43.8 Å². The average molecular weight is 456 g/mol. The van der Waals surface area contributed by atoms with E-state index in [-0.39, 0.29) is 12.5 Å². The highest BCUT2D eigenvalue weighted by molar-refractivity contribution is 7.99. The fourth-order valence-electron chi connectivity index (χ4n) is 2.84. The van der Waals surface area contributed by atoms with E-state index in [0.717, 1.165) is 0 Å². The molecule has 158 valence electrons. The van der Waals surface area contributed by atoms with Crippen molar-refractivity contribution in [2.45, 2.75) is 23.7 Å². The number of carbonyl (C=O) groups is 1. The van der Waals surface area contributed by atoms with Crippen molar-refractivity contribution < 1.29 is 14.1 Å². The Morgan fingerprint density at radius 2 is 1.97 bits per heavy atom. The number of carbonyl (C=O) groups excluding carboxylic acids is 1. The lowest BCUT2D eigenvalue weighted by Gasteiger charge is -2.12. The standard InChI is InChI=1S/C21H18ClN5O3S/c1-13-11-19(26-30-13)31-21-25-24-18(27(21)17-6-4-3-5-16(17)22)12-23-20(28)14-7-9-15(29-2)10-8-14/h3-11H,12H2,1-2H3,(H,23,28). The van der Waals surface area contributed by atoms with E-state index in [4.69, 9.17) is 20.9 Å². The summed E-state index contributed by atoms with van der Waals surface area (Å²) in [5.41, 5.74) is 1.21. The summed E-state index contributed by atoms with van der Waals surface area (Å²) in [5.74, 6) is 1.66. The molecule has 0 spiro atoms. The van der Waals surface area contributed by atoms with Gasteiger partial charge in [-0.25, -0.2) is 0 Å². The number of aryl methyl sites for hydroxylation is 1. The second-order valence-corrected chi connectivity index (χ2v) is 7.87. The maximum atomic E-state index is 12.6. The Morgan fingerprint density at radius 1 is 1.19 bits per heavy atom. The van der Waals surface area contributed by atoms with E-state index in [9.17, 15) is 4.79 Å². The predicted molar refractivity (Wildman–Crippen MR) is 116 cm³/mol. The Labute approximate surface area is 187 Å². The molecule has 2 heterocycles. The summed E-state index contributed by atoms with van der Waals surface area (Å²) in [7, 11) is 1.58. The fraction of sp³-hybridized carbons (Fsp3) is 0.143. The Morgan fingerprint density at radius 3 is 2.65 bits per heavy atom. The number of methoxy groups -OCH3 is 1. The molecule has 0 aliphatic rings. The number of hydrogen-bond acceptors (Lipinski definition) is 7. The molecule has 8 nitrogen and oxygen atoms in total. The first kappa shape index (κ1) is 21.0. The van der Waals surface area contributed by atoms with Gasteiger partial charge in [-0.3, -0.25) is 9.36 Å². The summed E-state index contributed by atoms with van der Waals surface area (Å²) in [6.07, 6.45) is 0. The second kappa shape index (κ2) is 9.23. The molecule has 0 saturated heterocycles. The van der Waals surface area contributed by atoms with Crippen molar-refractivity contribution in [1.29, 1.82) is 0 Å². The largest absolute Gasteiger partial charge is 0.497 e. The zero-order valence-electron chi connectivity index (χ0n) is 16.7. The van der Waals surface area contributed by atoms with Gasteiger partial charge in [-0.1, -0.05) is 28.9 Å². The van der Waals surface area contributed by atoms with Crippen molar-refractivity contribution in [1.82, 2.24) is 25.2 Å². The van der Waals surface area contributed by atoms with Gasteiger partial charge in [0, 0.05) is 11.6 Å². The van der Waals surface area contributed by atoms with Gasteiger partial charge in [-0.15, -0.1) is 10.2 Å². The molecule has 0 saturated carbocycles. The summed E-state index contributed by atoms with van der Waals surface area (Å²) < 4.78 is 12.1. The number of halogens is 1. The van der Waals surface area contributed by atoms with Gasteiger partial charge < -0.3 is 14.6 Å². The molecular formula is C21H18ClN5O3S. The molecule has 0 aliphatic carbocycles. The molecule has 0 unspecified atom stereocenters. The molecule has 2 aromatic carbocycles. The SMILES string of the molecule is COc1ccc(C(=O)NCc2nnc(Sc3cc(C)on3)n2-c2ccccc2Cl)cc1. The van der Waals surface area contributed by atoms with Gasteiger partial charge in [0.2, 0.25) is 5.16 Å². The minimum atomic E-state index is -0.238.